The van der Waals surface area contributed by atoms with Gasteiger partial charge in [0.1, 0.15) is 0 Å². The van der Waals surface area contributed by atoms with Gasteiger partial charge in [-0.25, -0.2) is 0 Å². The van der Waals surface area contributed by atoms with Crippen LogP contribution in [0, 0.1) is 12.8 Å². The van der Waals surface area contributed by atoms with Gasteiger partial charge in [-0.3, -0.25) is 9.59 Å². The maximum Gasteiger partial charge on any atom is 0.247 e. The predicted octanol–water partition coefficient (Wildman–Crippen LogP) is 1.31. The van der Waals surface area contributed by atoms with E-state index in [0.717, 1.165) is 11.1 Å². The van der Waals surface area contributed by atoms with E-state index in [-0.39, 0.29) is 24.2 Å². The molecule has 7 heteroatoms. The van der Waals surface area contributed by atoms with Gasteiger partial charge in [-0.05, 0) is 25.5 Å². The highest BCUT2D eigenvalue weighted by Crippen LogP contribution is 2.20. The van der Waals surface area contributed by atoms with E-state index in [4.69, 9.17) is 10.2 Å². The van der Waals surface area contributed by atoms with Gasteiger partial charge in [0.25, 0.3) is 0 Å². The van der Waals surface area contributed by atoms with Crippen LogP contribution in [0.3, 0.4) is 0 Å². The Kier molecular flexibility index (Phi) is 4.59. The number of nitrogens with two attached hydrogens (primary N) is 1. The molecule has 1 aromatic heterocycles. The van der Waals surface area contributed by atoms with Crippen molar-refractivity contribution in [2.45, 2.75) is 26.2 Å². The molecule has 2 amide bonds. The number of likely N-dealkylation sites (tertiary alicyclic amines) is 1. The van der Waals surface area contributed by atoms with Crippen LogP contribution in [0.1, 0.15) is 24.3 Å². The van der Waals surface area contributed by atoms with Crippen LogP contribution in [-0.4, -0.2) is 40.0 Å². The minimum atomic E-state index is -0.343. The molecule has 1 atom stereocenters. The second-order valence-electron chi connectivity index (χ2n) is 6.09. The highest BCUT2D eigenvalue weighted by molar-refractivity contribution is 5.81. The first-order valence-corrected chi connectivity index (χ1v) is 7.99. The summed E-state index contributed by atoms with van der Waals surface area (Å²) in [6.07, 6.45) is 1.30. The summed E-state index contributed by atoms with van der Waals surface area (Å²) in [5.74, 6) is 0.293. The Labute approximate surface area is 139 Å². The number of nitrogens with zero attached hydrogens (tertiary/aromatic N) is 3. The van der Waals surface area contributed by atoms with E-state index < -0.39 is 0 Å². The highest BCUT2D eigenvalue weighted by atomic mass is 16.4. The molecule has 1 fully saturated rings. The third-order valence-corrected chi connectivity index (χ3v) is 4.26. The van der Waals surface area contributed by atoms with Crippen LogP contribution in [0.4, 0.5) is 0 Å². The molecule has 2 N–H and O–H groups in total. The number of carbonyl (C=O) groups excluding carboxylic acids is 2. The lowest BCUT2D eigenvalue weighted by molar-refractivity contribution is -0.130. The number of hydrogen-bond donors (Lipinski definition) is 1. The highest BCUT2D eigenvalue weighted by Gasteiger charge is 2.29. The summed E-state index contributed by atoms with van der Waals surface area (Å²) < 4.78 is 5.61. The fraction of sp³-hybridized carbons (Fsp3) is 0.412. The Hall–Kier alpha value is -2.70. The molecule has 1 aliphatic heterocycles. The third kappa shape index (κ3) is 3.61. The normalized spacial score (nSPS) is 17.2. The summed E-state index contributed by atoms with van der Waals surface area (Å²) in [6, 6.07) is 7.80. The van der Waals surface area contributed by atoms with Crippen molar-refractivity contribution < 1.29 is 14.0 Å². The van der Waals surface area contributed by atoms with Crippen molar-refractivity contribution in [3.05, 3.63) is 35.7 Å². The van der Waals surface area contributed by atoms with Crippen molar-refractivity contribution >= 4 is 11.8 Å². The number of rotatable bonds is 5. The monoisotopic (exact) mass is 328 g/mol. The van der Waals surface area contributed by atoms with Crippen molar-refractivity contribution in [2.75, 3.05) is 13.1 Å². The number of primary amides is 1. The van der Waals surface area contributed by atoms with E-state index in [0.29, 0.717) is 37.7 Å². The fourth-order valence-corrected chi connectivity index (χ4v) is 2.76. The van der Waals surface area contributed by atoms with Crippen molar-refractivity contribution in [3.63, 3.8) is 0 Å². The van der Waals surface area contributed by atoms with E-state index in [9.17, 15) is 9.59 Å². The van der Waals surface area contributed by atoms with Gasteiger partial charge in [-0.15, -0.1) is 10.2 Å². The Balaban J connectivity index is 1.55. The predicted molar refractivity (Wildman–Crippen MR) is 86.7 cm³/mol. The number of benzene rings is 1. The number of aromatic nitrogens is 2. The van der Waals surface area contributed by atoms with Gasteiger partial charge >= 0.3 is 0 Å². The van der Waals surface area contributed by atoms with Crippen LogP contribution in [0.2, 0.25) is 0 Å². The van der Waals surface area contributed by atoms with E-state index in [1.165, 1.54) is 0 Å². The Bertz CT molecular complexity index is 739. The molecule has 7 nitrogen and oxygen atoms in total. The zero-order valence-corrected chi connectivity index (χ0v) is 13.6. The first-order chi connectivity index (χ1) is 11.5. The van der Waals surface area contributed by atoms with Crippen LogP contribution in [0.15, 0.2) is 28.7 Å². The zero-order chi connectivity index (χ0) is 17.1. The molecule has 1 unspecified atom stereocenters. The molecule has 1 aliphatic rings. The van der Waals surface area contributed by atoms with Crippen molar-refractivity contribution in [3.8, 4) is 11.5 Å². The van der Waals surface area contributed by atoms with Gasteiger partial charge in [0, 0.05) is 31.5 Å². The summed E-state index contributed by atoms with van der Waals surface area (Å²) in [5.41, 5.74) is 7.29. The maximum atomic E-state index is 12.2. The van der Waals surface area contributed by atoms with Gasteiger partial charge in [0.05, 0.1) is 5.92 Å². The van der Waals surface area contributed by atoms with Gasteiger partial charge in [-0.2, -0.15) is 0 Å². The first-order valence-electron chi connectivity index (χ1n) is 7.99. The molecule has 126 valence electrons. The SMILES string of the molecule is Cc1ccc(-c2nnc(CCC(=O)N3CCC(C(N)=O)C3)o2)cc1. The molecular weight excluding hydrogens is 308 g/mol. The molecule has 0 spiro atoms. The fourth-order valence-electron chi connectivity index (χ4n) is 2.76. The number of aryl methyl sites for hydroxylation is 2. The average molecular weight is 328 g/mol. The molecular formula is C17H20N4O3. The first kappa shape index (κ1) is 16.2. The standard InChI is InChI=1S/C17H20N4O3/c1-11-2-4-12(5-3-11)17-20-19-14(24-17)6-7-15(22)21-9-8-13(10-21)16(18)23/h2-5,13H,6-10H2,1H3,(H2,18,23). The van der Waals surface area contributed by atoms with E-state index in [1.807, 2.05) is 31.2 Å². The third-order valence-electron chi connectivity index (χ3n) is 4.26. The number of amides is 2. The molecule has 0 radical (unpaired) electrons. The molecule has 1 aromatic carbocycles. The molecule has 0 saturated carbocycles. The van der Waals surface area contributed by atoms with E-state index in [2.05, 4.69) is 10.2 Å². The van der Waals surface area contributed by atoms with Gasteiger partial charge < -0.3 is 15.1 Å². The zero-order valence-electron chi connectivity index (χ0n) is 13.6. The molecule has 3 rings (SSSR count). The van der Waals surface area contributed by atoms with Crippen LogP contribution in [-0.2, 0) is 16.0 Å². The topological polar surface area (TPSA) is 102 Å². The average Bonchev–Trinajstić information content (AvgIpc) is 3.23. The second kappa shape index (κ2) is 6.82. The smallest absolute Gasteiger partial charge is 0.247 e. The lowest BCUT2D eigenvalue weighted by Crippen LogP contribution is -2.31. The molecule has 0 bridgehead atoms. The van der Waals surface area contributed by atoms with Crippen LogP contribution < -0.4 is 5.73 Å². The minimum Gasteiger partial charge on any atom is -0.421 e. The number of hydrogen-bond acceptors (Lipinski definition) is 5. The Morgan fingerprint density at radius 1 is 1.29 bits per heavy atom. The second-order valence-corrected chi connectivity index (χ2v) is 6.09. The lowest BCUT2D eigenvalue weighted by atomic mass is 10.1. The van der Waals surface area contributed by atoms with E-state index >= 15 is 0 Å². The molecule has 2 aromatic rings. The van der Waals surface area contributed by atoms with Crippen molar-refractivity contribution in [1.29, 1.82) is 0 Å². The maximum absolute atomic E-state index is 12.2. The summed E-state index contributed by atoms with van der Waals surface area (Å²) in [6.45, 7) is 2.99. The van der Waals surface area contributed by atoms with Crippen molar-refractivity contribution in [2.24, 2.45) is 11.7 Å². The molecule has 2 heterocycles. The van der Waals surface area contributed by atoms with E-state index in [1.54, 1.807) is 4.90 Å². The van der Waals surface area contributed by atoms with Gasteiger partial charge in [0.2, 0.25) is 23.6 Å². The van der Waals surface area contributed by atoms with Crippen LogP contribution >= 0.6 is 0 Å². The quantitative estimate of drug-likeness (QED) is 0.891. The lowest BCUT2D eigenvalue weighted by Gasteiger charge is -2.15. The summed E-state index contributed by atoms with van der Waals surface area (Å²) >= 11 is 0. The Morgan fingerprint density at radius 3 is 2.71 bits per heavy atom. The molecule has 0 aliphatic carbocycles. The molecule has 24 heavy (non-hydrogen) atoms. The van der Waals surface area contributed by atoms with Gasteiger partial charge in [0.15, 0.2) is 0 Å². The summed E-state index contributed by atoms with van der Waals surface area (Å²) in [4.78, 5) is 25.0. The summed E-state index contributed by atoms with van der Waals surface area (Å²) in [5, 5.41) is 8.02. The van der Waals surface area contributed by atoms with Crippen LogP contribution in [0.5, 0.6) is 0 Å². The molecule has 1 saturated heterocycles. The van der Waals surface area contributed by atoms with Crippen molar-refractivity contribution in [1.82, 2.24) is 15.1 Å². The summed E-state index contributed by atoms with van der Waals surface area (Å²) in [7, 11) is 0. The van der Waals surface area contributed by atoms with Crippen LogP contribution in [0.25, 0.3) is 11.5 Å². The minimum absolute atomic E-state index is 0.0196. The van der Waals surface area contributed by atoms with Gasteiger partial charge in [-0.1, -0.05) is 17.7 Å². The number of carbonyl (C=O) groups is 2. The Morgan fingerprint density at radius 2 is 2.04 bits per heavy atom. The largest absolute Gasteiger partial charge is 0.421 e.